The van der Waals surface area contributed by atoms with Gasteiger partial charge in [-0.15, -0.1) is 0 Å². The number of fused-ring (bicyclic) bond motifs is 2. The second-order valence-electron chi connectivity index (χ2n) is 9.13. The van der Waals surface area contributed by atoms with Gasteiger partial charge in [-0.3, -0.25) is 10.1 Å². The summed E-state index contributed by atoms with van der Waals surface area (Å²) < 4.78 is 39.9. The van der Waals surface area contributed by atoms with Crippen molar-refractivity contribution in [3.8, 4) is 33.6 Å². The van der Waals surface area contributed by atoms with Crippen LogP contribution in [0, 0.1) is 12.7 Å². The first kappa shape index (κ1) is 23.9. The molecule has 1 aromatic carbocycles. The highest BCUT2D eigenvalue weighted by Gasteiger charge is 2.16. The number of nitrogens with one attached hydrogen (secondary N) is 3. The van der Waals surface area contributed by atoms with Gasteiger partial charge in [-0.1, -0.05) is 0 Å². The lowest BCUT2D eigenvalue weighted by Crippen LogP contribution is -2.21. The van der Waals surface area contributed by atoms with Crippen LogP contribution in [-0.2, 0) is 16.6 Å². The molecule has 0 aliphatic rings. The number of aryl methyl sites for hydroxylation is 1. The molecule has 0 radical (unpaired) electrons. The fraction of sp³-hybridized carbons (Fsp3) is 0.111. The minimum atomic E-state index is -3.42. The van der Waals surface area contributed by atoms with E-state index in [1.807, 2.05) is 31.3 Å². The zero-order chi connectivity index (χ0) is 26.4. The van der Waals surface area contributed by atoms with E-state index in [0.29, 0.717) is 22.4 Å². The first-order chi connectivity index (χ1) is 18.2. The summed E-state index contributed by atoms with van der Waals surface area (Å²) in [7, 11) is -3.42. The summed E-state index contributed by atoms with van der Waals surface area (Å²) in [6.45, 7) is 2.01. The molecule has 11 heteroatoms. The highest BCUT2D eigenvalue weighted by Crippen LogP contribution is 2.35. The summed E-state index contributed by atoms with van der Waals surface area (Å²) in [6, 6.07) is 12.2. The van der Waals surface area contributed by atoms with Crippen molar-refractivity contribution < 1.29 is 12.8 Å². The third kappa shape index (κ3) is 4.53. The van der Waals surface area contributed by atoms with Crippen LogP contribution in [-0.4, -0.2) is 44.8 Å². The van der Waals surface area contributed by atoms with Gasteiger partial charge in [0.1, 0.15) is 11.5 Å². The lowest BCUT2D eigenvalue weighted by molar-refractivity contribution is 0.586. The van der Waals surface area contributed by atoms with Gasteiger partial charge in [0.15, 0.2) is 5.65 Å². The zero-order valence-electron chi connectivity index (χ0n) is 20.4. The Morgan fingerprint density at radius 1 is 0.947 bits per heavy atom. The molecule has 0 aliphatic carbocycles. The number of hydrogen-bond donors (Lipinski definition) is 3. The summed E-state index contributed by atoms with van der Waals surface area (Å²) in [5.74, 6) is -0.461. The van der Waals surface area contributed by atoms with E-state index in [9.17, 15) is 12.8 Å². The van der Waals surface area contributed by atoms with Crippen molar-refractivity contribution in [2.75, 3.05) is 6.26 Å². The monoisotopic (exact) mass is 527 g/mol. The predicted octanol–water partition coefficient (Wildman–Crippen LogP) is 4.73. The molecule has 6 aromatic rings. The van der Waals surface area contributed by atoms with Crippen LogP contribution in [0.1, 0.15) is 11.1 Å². The van der Waals surface area contributed by atoms with E-state index in [2.05, 4.69) is 34.9 Å². The molecule has 0 fully saturated rings. The lowest BCUT2D eigenvalue weighted by atomic mass is 10.0. The molecule has 0 bridgehead atoms. The fourth-order valence-corrected chi connectivity index (χ4v) is 4.98. The number of benzene rings is 1. The van der Waals surface area contributed by atoms with Crippen molar-refractivity contribution in [3.05, 3.63) is 84.2 Å². The summed E-state index contributed by atoms with van der Waals surface area (Å²) in [4.78, 5) is 16.6. The number of rotatable bonds is 6. The molecule has 0 unspecified atom stereocenters. The second kappa shape index (κ2) is 9.12. The molecule has 6 rings (SSSR count). The number of aromatic amines is 2. The van der Waals surface area contributed by atoms with E-state index >= 15 is 0 Å². The maximum absolute atomic E-state index is 14.5. The maximum atomic E-state index is 14.5. The fourth-order valence-electron chi connectivity index (χ4n) is 4.55. The molecule has 9 nitrogen and oxygen atoms in total. The average molecular weight is 528 g/mol. The minimum Gasteiger partial charge on any atom is -0.338 e. The van der Waals surface area contributed by atoms with Gasteiger partial charge in [0, 0.05) is 53.2 Å². The van der Waals surface area contributed by atoms with Gasteiger partial charge in [0.05, 0.1) is 17.6 Å². The van der Waals surface area contributed by atoms with Gasteiger partial charge in [-0.05, 0) is 71.6 Å². The van der Waals surface area contributed by atoms with Crippen molar-refractivity contribution in [3.63, 3.8) is 0 Å². The highest BCUT2D eigenvalue weighted by atomic mass is 32.2. The Balaban J connectivity index is 1.44. The number of nitrogens with zero attached hydrogens (tertiary/aromatic N) is 4. The number of pyridine rings is 3. The van der Waals surface area contributed by atoms with Crippen molar-refractivity contribution in [2.45, 2.75) is 13.5 Å². The molecule has 0 saturated carbocycles. The summed E-state index contributed by atoms with van der Waals surface area (Å²) in [5, 5.41) is 9.06. The topological polar surface area (TPSA) is 129 Å². The Bertz CT molecular complexity index is 1950. The van der Waals surface area contributed by atoms with Crippen LogP contribution < -0.4 is 4.72 Å². The van der Waals surface area contributed by atoms with Crippen LogP contribution in [0.5, 0.6) is 0 Å². The average Bonchev–Trinajstić information content (AvgIpc) is 3.50. The maximum Gasteiger partial charge on any atom is 0.209 e. The molecule has 5 heterocycles. The van der Waals surface area contributed by atoms with E-state index in [1.165, 1.54) is 12.1 Å². The zero-order valence-corrected chi connectivity index (χ0v) is 21.3. The third-order valence-electron chi connectivity index (χ3n) is 6.37. The van der Waals surface area contributed by atoms with Gasteiger partial charge in [0.25, 0.3) is 0 Å². The van der Waals surface area contributed by atoms with Crippen molar-refractivity contribution >= 4 is 32.1 Å². The Morgan fingerprint density at radius 2 is 1.82 bits per heavy atom. The molecule has 5 aromatic heterocycles. The Labute approximate surface area is 217 Å². The summed E-state index contributed by atoms with van der Waals surface area (Å²) in [5.41, 5.74) is 7.57. The van der Waals surface area contributed by atoms with Crippen LogP contribution >= 0.6 is 0 Å². The number of halogens is 1. The predicted molar refractivity (Wildman–Crippen MR) is 144 cm³/mol. The van der Waals surface area contributed by atoms with Gasteiger partial charge < -0.3 is 4.98 Å². The highest BCUT2D eigenvalue weighted by molar-refractivity contribution is 7.88. The summed E-state index contributed by atoms with van der Waals surface area (Å²) >= 11 is 0. The lowest BCUT2D eigenvalue weighted by Gasteiger charge is -2.08. The summed E-state index contributed by atoms with van der Waals surface area (Å²) in [6.07, 6.45) is 8.06. The number of H-pyrrole nitrogens is 2. The van der Waals surface area contributed by atoms with Crippen LogP contribution in [0.25, 0.3) is 55.7 Å². The molecule has 38 heavy (non-hydrogen) atoms. The second-order valence-corrected chi connectivity index (χ2v) is 11.0. The van der Waals surface area contributed by atoms with Crippen LogP contribution in [0.15, 0.2) is 67.3 Å². The van der Waals surface area contributed by atoms with Crippen molar-refractivity contribution in [1.29, 1.82) is 0 Å². The largest absolute Gasteiger partial charge is 0.338 e. The van der Waals surface area contributed by atoms with Gasteiger partial charge >= 0.3 is 0 Å². The minimum absolute atomic E-state index is 0.0118. The Morgan fingerprint density at radius 3 is 2.63 bits per heavy atom. The first-order valence-electron chi connectivity index (χ1n) is 11.7. The standard InChI is InChI=1S/C27H22FN7O2S/c1-15-3-5-29-14-23(15)18-10-22-25(34-35-27(22)31-13-18)24-11-21-20(4-6-30-26(21)33-24)17-7-16(8-19(28)9-17)12-32-38(2,36)37/h3-11,13-14,32H,12H2,1-2H3,(H,30,33)(H,31,34,35). The van der Waals surface area contributed by atoms with Gasteiger partial charge in [0.2, 0.25) is 10.0 Å². The molecule has 0 atom stereocenters. The Kier molecular flexibility index (Phi) is 5.73. The first-order valence-corrected chi connectivity index (χ1v) is 13.6. The van der Waals surface area contributed by atoms with Gasteiger partial charge in [-0.25, -0.2) is 27.5 Å². The van der Waals surface area contributed by atoms with E-state index in [-0.39, 0.29) is 6.54 Å². The molecule has 190 valence electrons. The number of hydrogen-bond acceptors (Lipinski definition) is 6. The van der Waals surface area contributed by atoms with Gasteiger partial charge in [-0.2, -0.15) is 5.10 Å². The molecule has 0 spiro atoms. The SMILES string of the molecule is Cc1ccncc1-c1cnc2n[nH]c(-c3cc4c(-c5cc(F)cc(CNS(C)(=O)=O)c5)ccnc4[nH]3)c2c1. The number of sulfonamides is 1. The van der Waals surface area contributed by atoms with E-state index in [4.69, 9.17) is 0 Å². The van der Waals surface area contributed by atoms with E-state index in [1.54, 1.807) is 30.7 Å². The molecule has 3 N–H and O–H groups in total. The normalized spacial score (nSPS) is 12.0. The van der Waals surface area contributed by atoms with E-state index < -0.39 is 15.8 Å². The van der Waals surface area contributed by atoms with Crippen molar-refractivity contribution in [2.24, 2.45) is 0 Å². The van der Waals surface area contributed by atoms with Crippen LogP contribution in [0.3, 0.4) is 0 Å². The van der Waals surface area contributed by atoms with E-state index in [0.717, 1.165) is 50.7 Å². The molecular weight excluding hydrogens is 505 g/mol. The molecular formula is C27H22FN7O2S. The molecule has 0 aliphatic heterocycles. The smallest absolute Gasteiger partial charge is 0.209 e. The quantitative estimate of drug-likeness (QED) is 0.287. The molecule has 0 amide bonds. The molecule has 0 saturated heterocycles. The number of aromatic nitrogens is 6. The third-order valence-corrected chi connectivity index (χ3v) is 7.04. The Hall–Kier alpha value is -4.48. The van der Waals surface area contributed by atoms with Crippen LogP contribution in [0.2, 0.25) is 0 Å². The van der Waals surface area contributed by atoms with Crippen molar-refractivity contribution in [1.82, 2.24) is 34.9 Å². The van der Waals surface area contributed by atoms with Crippen LogP contribution in [0.4, 0.5) is 4.39 Å².